The number of fused-ring (bicyclic) bond motifs is 3. The van der Waals surface area contributed by atoms with Gasteiger partial charge in [-0.15, -0.1) is 0 Å². The normalized spacial score (nSPS) is 11.2. The zero-order valence-corrected chi connectivity index (χ0v) is 33.9. The fourth-order valence-electron chi connectivity index (χ4n) is 8.54. The van der Waals surface area contributed by atoms with E-state index in [1.54, 1.807) is 0 Å². The van der Waals surface area contributed by atoms with Crippen LogP contribution in [0.3, 0.4) is 0 Å². The SMILES string of the molecule is c1ccc(-c2cc(-c3ccc(-c4ccc(-n5c6ccccc6c6cc(-c7ccc(N(c8ccccc8)c8ccccc8)cc7)ccc65)cc4)cc3)nc(-c3ccccc3)n2)cc1. The van der Waals surface area contributed by atoms with Gasteiger partial charge in [0.05, 0.1) is 22.4 Å². The van der Waals surface area contributed by atoms with Crippen molar-refractivity contribution < 1.29 is 0 Å². The van der Waals surface area contributed by atoms with Crippen LogP contribution in [-0.4, -0.2) is 14.5 Å². The summed E-state index contributed by atoms with van der Waals surface area (Å²) in [7, 11) is 0. The van der Waals surface area contributed by atoms with Gasteiger partial charge in [-0.3, -0.25) is 0 Å². The van der Waals surface area contributed by atoms with E-state index < -0.39 is 0 Å². The highest BCUT2D eigenvalue weighted by molar-refractivity contribution is 6.10. The van der Waals surface area contributed by atoms with Crippen LogP contribution in [0.1, 0.15) is 0 Å². The predicted molar refractivity (Wildman–Crippen MR) is 258 cm³/mol. The molecule has 0 amide bonds. The molecule has 11 rings (SSSR count). The highest BCUT2D eigenvalue weighted by atomic mass is 15.1. The molecule has 0 aliphatic heterocycles. The fraction of sp³-hybridized carbons (Fsp3) is 0. The van der Waals surface area contributed by atoms with E-state index in [1.807, 2.05) is 36.4 Å². The molecule has 0 aliphatic carbocycles. The van der Waals surface area contributed by atoms with Gasteiger partial charge in [0.25, 0.3) is 0 Å². The second-order valence-electron chi connectivity index (χ2n) is 15.5. The molecule has 0 saturated heterocycles. The van der Waals surface area contributed by atoms with Gasteiger partial charge in [0.2, 0.25) is 0 Å². The molecule has 0 spiro atoms. The lowest BCUT2D eigenvalue weighted by molar-refractivity contribution is 1.18. The Morgan fingerprint density at radius 2 is 0.710 bits per heavy atom. The van der Waals surface area contributed by atoms with E-state index in [1.165, 1.54) is 32.9 Å². The minimum atomic E-state index is 0.715. The molecule has 2 heterocycles. The van der Waals surface area contributed by atoms with E-state index in [0.29, 0.717) is 5.82 Å². The number of anilines is 3. The summed E-state index contributed by atoms with van der Waals surface area (Å²) in [6.45, 7) is 0. The summed E-state index contributed by atoms with van der Waals surface area (Å²) in [5, 5.41) is 2.46. The van der Waals surface area contributed by atoms with Gasteiger partial charge in [-0.25, -0.2) is 9.97 Å². The van der Waals surface area contributed by atoms with Crippen molar-refractivity contribution in [1.82, 2.24) is 14.5 Å². The van der Waals surface area contributed by atoms with E-state index in [9.17, 15) is 0 Å². The van der Waals surface area contributed by atoms with Crippen molar-refractivity contribution in [3.63, 3.8) is 0 Å². The van der Waals surface area contributed by atoms with Crippen LogP contribution in [-0.2, 0) is 0 Å². The molecule has 0 radical (unpaired) electrons. The molecule has 11 aromatic rings. The van der Waals surface area contributed by atoms with Crippen molar-refractivity contribution in [3.05, 3.63) is 243 Å². The van der Waals surface area contributed by atoms with Crippen LogP contribution >= 0.6 is 0 Å². The van der Waals surface area contributed by atoms with Crippen molar-refractivity contribution in [1.29, 1.82) is 0 Å². The number of benzene rings is 9. The van der Waals surface area contributed by atoms with Gasteiger partial charge >= 0.3 is 0 Å². The van der Waals surface area contributed by atoms with Crippen LogP contribution in [0.25, 0.3) is 83.6 Å². The average Bonchev–Trinajstić information content (AvgIpc) is 3.69. The monoisotopic (exact) mass is 792 g/mol. The van der Waals surface area contributed by atoms with Crippen molar-refractivity contribution >= 4 is 38.9 Å². The Morgan fingerprint density at radius 3 is 1.32 bits per heavy atom. The van der Waals surface area contributed by atoms with Gasteiger partial charge in [0.1, 0.15) is 0 Å². The van der Waals surface area contributed by atoms with Crippen LogP contribution in [0.5, 0.6) is 0 Å². The summed E-state index contributed by atoms with van der Waals surface area (Å²) < 4.78 is 2.38. The van der Waals surface area contributed by atoms with Crippen LogP contribution < -0.4 is 4.90 Å². The summed E-state index contributed by atoms with van der Waals surface area (Å²) in [5.41, 5.74) is 16.4. The molecule has 0 N–H and O–H groups in total. The van der Waals surface area contributed by atoms with E-state index in [-0.39, 0.29) is 0 Å². The van der Waals surface area contributed by atoms with Crippen molar-refractivity contribution in [3.8, 4) is 61.8 Å². The Morgan fingerprint density at radius 1 is 0.290 bits per heavy atom. The van der Waals surface area contributed by atoms with Crippen molar-refractivity contribution in [2.24, 2.45) is 0 Å². The number of hydrogen-bond donors (Lipinski definition) is 0. The van der Waals surface area contributed by atoms with Gasteiger partial charge in [-0.1, -0.05) is 170 Å². The zero-order valence-electron chi connectivity index (χ0n) is 33.9. The Balaban J connectivity index is 0.893. The van der Waals surface area contributed by atoms with E-state index >= 15 is 0 Å². The summed E-state index contributed by atoms with van der Waals surface area (Å²) in [5.74, 6) is 0.715. The Labute approximate surface area is 361 Å². The second-order valence-corrected chi connectivity index (χ2v) is 15.5. The van der Waals surface area contributed by atoms with Gasteiger partial charge in [0, 0.05) is 50.2 Å². The van der Waals surface area contributed by atoms with E-state index in [2.05, 4.69) is 216 Å². The van der Waals surface area contributed by atoms with E-state index in [0.717, 1.165) is 62.0 Å². The van der Waals surface area contributed by atoms with Gasteiger partial charge in [0.15, 0.2) is 5.82 Å². The lowest BCUT2D eigenvalue weighted by Gasteiger charge is -2.25. The number of para-hydroxylation sites is 3. The molecule has 4 heteroatoms. The maximum absolute atomic E-state index is 5.03. The molecule has 292 valence electrons. The lowest BCUT2D eigenvalue weighted by Crippen LogP contribution is -2.09. The first kappa shape index (κ1) is 36.7. The second kappa shape index (κ2) is 16.0. The minimum Gasteiger partial charge on any atom is -0.311 e. The Hall–Kier alpha value is -8.34. The smallest absolute Gasteiger partial charge is 0.160 e. The summed E-state index contributed by atoms with van der Waals surface area (Å²) in [6, 6.07) is 85.7. The fourth-order valence-corrected chi connectivity index (χ4v) is 8.54. The maximum atomic E-state index is 5.03. The highest BCUT2D eigenvalue weighted by Gasteiger charge is 2.16. The van der Waals surface area contributed by atoms with Crippen LogP contribution in [0.15, 0.2) is 243 Å². The van der Waals surface area contributed by atoms with Crippen LogP contribution in [0, 0.1) is 0 Å². The van der Waals surface area contributed by atoms with Crippen molar-refractivity contribution in [2.75, 3.05) is 4.90 Å². The number of nitrogens with zero attached hydrogens (tertiary/aromatic N) is 4. The van der Waals surface area contributed by atoms with Crippen LogP contribution in [0.4, 0.5) is 17.1 Å². The largest absolute Gasteiger partial charge is 0.311 e. The Bertz CT molecular complexity index is 3190. The van der Waals surface area contributed by atoms with Gasteiger partial charge < -0.3 is 9.47 Å². The molecule has 0 unspecified atom stereocenters. The molecule has 9 aromatic carbocycles. The summed E-state index contributed by atoms with van der Waals surface area (Å²) >= 11 is 0. The molecular formula is C58H40N4. The third kappa shape index (κ3) is 7.00. The lowest BCUT2D eigenvalue weighted by atomic mass is 10.0. The molecule has 4 nitrogen and oxygen atoms in total. The van der Waals surface area contributed by atoms with Crippen LogP contribution in [0.2, 0.25) is 0 Å². The third-order valence-corrected chi connectivity index (χ3v) is 11.6. The highest BCUT2D eigenvalue weighted by Crippen LogP contribution is 2.38. The van der Waals surface area contributed by atoms with Crippen molar-refractivity contribution in [2.45, 2.75) is 0 Å². The minimum absolute atomic E-state index is 0.715. The zero-order chi connectivity index (χ0) is 41.2. The molecule has 0 bridgehead atoms. The molecule has 0 saturated carbocycles. The first-order valence-electron chi connectivity index (χ1n) is 21.0. The Kier molecular flexibility index (Phi) is 9.49. The number of hydrogen-bond acceptors (Lipinski definition) is 3. The predicted octanol–water partition coefficient (Wildman–Crippen LogP) is 15.4. The quantitative estimate of drug-likeness (QED) is 0.146. The standard InChI is InChI=1S/C58H40N4/c1-5-15-44(16-6-1)54-40-55(60-58(59-54)46-17-7-2-8-18-46)45-27-25-41(26-28-45)42-29-36-51(37-30-42)62-56-24-14-13-23-52(56)53-39-47(33-38-57(53)62)43-31-34-50(35-32-43)61(48-19-9-3-10-20-48)49-21-11-4-12-22-49/h1-40H. The summed E-state index contributed by atoms with van der Waals surface area (Å²) in [4.78, 5) is 12.3. The molecule has 0 atom stereocenters. The molecule has 0 fully saturated rings. The summed E-state index contributed by atoms with van der Waals surface area (Å²) in [6.07, 6.45) is 0. The first-order valence-corrected chi connectivity index (χ1v) is 21.0. The number of aromatic nitrogens is 3. The molecule has 62 heavy (non-hydrogen) atoms. The average molecular weight is 793 g/mol. The molecule has 0 aliphatic rings. The number of rotatable bonds is 9. The third-order valence-electron chi connectivity index (χ3n) is 11.6. The first-order chi connectivity index (χ1) is 30.7. The van der Waals surface area contributed by atoms with Gasteiger partial charge in [-0.05, 0) is 95.1 Å². The molecule has 2 aromatic heterocycles. The molecular weight excluding hydrogens is 753 g/mol. The van der Waals surface area contributed by atoms with E-state index in [4.69, 9.17) is 9.97 Å². The topological polar surface area (TPSA) is 34.0 Å². The maximum Gasteiger partial charge on any atom is 0.160 e. The van der Waals surface area contributed by atoms with Gasteiger partial charge in [-0.2, -0.15) is 0 Å².